The minimum absolute atomic E-state index is 0.0247. The van der Waals surface area contributed by atoms with Gasteiger partial charge in [0.1, 0.15) is 22.8 Å². The van der Waals surface area contributed by atoms with E-state index >= 15 is 0 Å². The molecule has 0 saturated carbocycles. The number of ether oxygens (including phenoxy) is 1. The van der Waals surface area contributed by atoms with Gasteiger partial charge in [0.15, 0.2) is 0 Å². The van der Waals surface area contributed by atoms with Gasteiger partial charge in [-0.2, -0.15) is 10.4 Å². The van der Waals surface area contributed by atoms with Crippen molar-refractivity contribution in [1.82, 2.24) is 24.5 Å². The van der Waals surface area contributed by atoms with Crippen LogP contribution in [-0.4, -0.2) is 42.3 Å². The van der Waals surface area contributed by atoms with Crippen LogP contribution in [0.4, 0.5) is 0 Å². The molecule has 0 aliphatic rings. The highest BCUT2D eigenvalue weighted by Crippen LogP contribution is 2.44. The van der Waals surface area contributed by atoms with E-state index in [0.717, 1.165) is 27.5 Å². The van der Waals surface area contributed by atoms with E-state index in [1.54, 1.807) is 43.2 Å². The summed E-state index contributed by atoms with van der Waals surface area (Å²) in [7, 11) is 3.25. The Morgan fingerprint density at radius 1 is 1.28 bits per heavy atom. The van der Waals surface area contributed by atoms with E-state index in [4.69, 9.17) is 4.74 Å². The summed E-state index contributed by atoms with van der Waals surface area (Å²) < 4.78 is 9.31. The second-order valence-corrected chi connectivity index (χ2v) is 12.1. The van der Waals surface area contributed by atoms with Gasteiger partial charge >= 0.3 is 0 Å². The molecule has 1 aromatic carbocycles. The second-order valence-electron chi connectivity index (χ2n) is 9.25. The topological polar surface area (TPSA) is 97.2 Å². The third-order valence-electron chi connectivity index (χ3n) is 5.88. The Balaban J connectivity index is 1.69. The van der Waals surface area contributed by atoms with Crippen LogP contribution in [0.25, 0.3) is 17.0 Å². The molecule has 9 heteroatoms. The van der Waals surface area contributed by atoms with Gasteiger partial charge in [-0.15, -0.1) is 10.5 Å². The normalized spacial score (nSPS) is 12.5. The molecular formula is C27H30N6O2S. The molecule has 1 unspecified atom stereocenters. The molecule has 4 aromatic rings. The summed E-state index contributed by atoms with van der Waals surface area (Å²) in [6, 6.07) is 13.1. The molecule has 36 heavy (non-hydrogen) atoms. The minimum Gasteiger partial charge on any atom is -0.495 e. The number of rotatable bonds is 6. The number of benzene rings is 1. The van der Waals surface area contributed by atoms with Gasteiger partial charge in [-0.1, -0.05) is 44.3 Å². The Morgan fingerprint density at radius 3 is 2.69 bits per heavy atom. The van der Waals surface area contributed by atoms with Gasteiger partial charge in [-0.25, -0.2) is 4.98 Å². The highest BCUT2D eigenvalue weighted by molar-refractivity contribution is 8.16. The van der Waals surface area contributed by atoms with Crippen LogP contribution in [0.1, 0.15) is 49.3 Å². The lowest BCUT2D eigenvalue weighted by Gasteiger charge is -2.26. The smallest absolute Gasteiger partial charge is 0.269 e. The van der Waals surface area contributed by atoms with E-state index in [2.05, 4.69) is 60.7 Å². The number of aromatic nitrogens is 4. The highest BCUT2D eigenvalue weighted by Gasteiger charge is 2.23. The van der Waals surface area contributed by atoms with Crippen LogP contribution in [0.15, 0.2) is 53.7 Å². The summed E-state index contributed by atoms with van der Waals surface area (Å²) in [4.78, 5) is 18.6. The van der Waals surface area contributed by atoms with Crippen LogP contribution in [0.2, 0.25) is 0 Å². The summed E-state index contributed by atoms with van der Waals surface area (Å²) in [5.41, 5.74) is 3.88. The molecule has 0 aliphatic heterocycles. The molecule has 0 saturated heterocycles. The van der Waals surface area contributed by atoms with E-state index in [9.17, 15) is 10.1 Å². The predicted molar refractivity (Wildman–Crippen MR) is 144 cm³/mol. The number of carbonyl (C=O) groups is 1. The van der Waals surface area contributed by atoms with Crippen molar-refractivity contribution in [3.8, 4) is 23.2 Å². The van der Waals surface area contributed by atoms with Gasteiger partial charge in [0.05, 0.1) is 35.5 Å². The van der Waals surface area contributed by atoms with Gasteiger partial charge in [0.25, 0.3) is 5.91 Å². The lowest BCUT2D eigenvalue weighted by Crippen LogP contribution is -2.25. The first-order chi connectivity index (χ1) is 17.2. The lowest BCUT2D eigenvalue weighted by atomic mass is 10.1. The summed E-state index contributed by atoms with van der Waals surface area (Å²) in [5, 5.41) is 19.0. The summed E-state index contributed by atoms with van der Waals surface area (Å²) >= 11 is 0. The number of pyridine rings is 1. The van der Waals surface area contributed by atoms with Crippen molar-refractivity contribution >= 4 is 27.4 Å². The molecule has 1 N–H and O–H groups in total. The molecule has 0 spiro atoms. The number of nitriles is 1. The summed E-state index contributed by atoms with van der Waals surface area (Å²) in [5.74, 6) is 0.532. The summed E-state index contributed by atoms with van der Waals surface area (Å²) in [6.07, 6.45) is 3.83. The Kier molecular flexibility index (Phi) is 7.00. The highest BCUT2D eigenvalue weighted by atomic mass is 32.2. The lowest BCUT2D eigenvalue weighted by molar-refractivity contribution is 0.0941. The molecule has 8 nitrogen and oxygen atoms in total. The first-order valence-corrected chi connectivity index (χ1v) is 12.8. The fourth-order valence-corrected chi connectivity index (χ4v) is 6.36. The zero-order valence-electron chi connectivity index (χ0n) is 21.4. The average molecular weight is 503 g/mol. The molecule has 3 heterocycles. The first kappa shape index (κ1) is 25.2. The third-order valence-corrected chi connectivity index (χ3v) is 8.45. The average Bonchev–Trinajstić information content (AvgIpc) is 3.44. The number of hydrogen-bond donors (Lipinski definition) is 1. The molecule has 0 fully saturated rings. The van der Waals surface area contributed by atoms with E-state index in [0.29, 0.717) is 17.0 Å². The number of amides is 1. The predicted octanol–water partition coefficient (Wildman–Crippen LogP) is 4.79. The van der Waals surface area contributed by atoms with Crippen molar-refractivity contribution in [3.63, 3.8) is 0 Å². The van der Waals surface area contributed by atoms with Gasteiger partial charge in [0, 0.05) is 30.6 Å². The molecule has 4 rings (SSSR count). The Morgan fingerprint density at radius 2 is 2.03 bits per heavy atom. The Hall–Kier alpha value is -3.90. The van der Waals surface area contributed by atoms with Crippen molar-refractivity contribution in [3.05, 3.63) is 65.6 Å². The number of imidazole rings is 1. The van der Waals surface area contributed by atoms with Crippen molar-refractivity contribution < 1.29 is 9.53 Å². The van der Waals surface area contributed by atoms with E-state index in [1.807, 2.05) is 22.6 Å². The molecule has 1 atom stereocenters. The van der Waals surface area contributed by atoms with Crippen molar-refractivity contribution in [1.29, 1.82) is 5.26 Å². The van der Waals surface area contributed by atoms with Crippen LogP contribution in [-0.2, 0) is 13.6 Å². The third kappa shape index (κ3) is 4.77. The number of fused-ring (bicyclic) bond motifs is 1. The maximum Gasteiger partial charge on any atom is 0.269 e. The largest absolute Gasteiger partial charge is 0.495 e. The van der Waals surface area contributed by atoms with Crippen LogP contribution in [0, 0.1) is 11.3 Å². The number of hydrogen-bond acceptors (Lipinski definition) is 5. The van der Waals surface area contributed by atoms with Gasteiger partial charge in [0.2, 0.25) is 0 Å². The number of aryl methyl sites for hydroxylation is 1. The SMILES string of the molecule is C/C=S(/c1cn2c(-c3cc(C(=O)NCc4ccccc4C#N)n(C)n3)cnc2cc1OC)C(C)(C)C. The fourth-order valence-electron chi connectivity index (χ4n) is 4.17. The zero-order valence-corrected chi connectivity index (χ0v) is 22.2. The molecule has 1 amide bonds. The van der Waals surface area contributed by atoms with Crippen LogP contribution >= 0.6 is 10.5 Å². The minimum atomic E-state index is -0.268. The van der Waals surface area contributed by atoms with Crippen molar-refractivity contribution in [2.24, 2.45) is 7.05 Å². The van der Waals surface area contributed by atoms with Crippen LogP contribution < -0.4 is 10.1 Å². The van der Waals surface area contributed by atoms with E-state index in [1.165, 1.54) is 0 Å². The van der Waals surface area contributed by atoms with Crippen molar-refractivity contribution in [2.75, 3.05) is 7.11 Å². The number of nitrogens with one attached hydrogen (secondary N) is 1. The van der Waals surface area contributed by atoms with E-state index < -0.39 is 0 Å². The standard InChI is InChI=1S/C27H30N6O2S/c1-7-36(27(2,3)4)24-17-33-22(16-29-25(33)13-23(24)35-6)20-12-21(32(5)31-20)26(34)30-15-19-11-9-8-10-18(19)14-28/h7-13,16-17H,15H2,1-6H3,(H,30,34). The quantitative estimate of drug-likeness (QED) is 0.382. The van der Waals surface area contributed by atoms with Gasteiger partial charge in [-0.05, 0) is 24.6 Å². The number of carbonyl (C=O) groups excluding carboxylic acids is 1. The second kappa shape index (κ2) is 9.99. The maximum absolute atomic E-state index is 13.0. The molecule has 0 aliphatic carbocycles. The summed E-state index contributed by atoms with van der Waals surface area (Å²) in [6.45, 7) is 8.98. The molecule has 0 radical (unpaired) electrons. The van der Waals surface area contributed by atoms with Crippen LogP contribution in [0.5, 0.6) is 5.75 Å². The van der Waals surface area contributed by atoms with Gasteiger partial charge < -0.3 is 10.1 Å². The maximum atomic E-state index is 13.0. The molecular weight excluding hydrogens is 472 g/mol. The Labute approximate surface area is 213 Å². The Bertz CT molecular complexity index is 1520. The molecule has 0 bridgehead atoms. The zero-order chi connectivity index (χ0) is 26.0. The van der Waals surface area contributed by atoms with Crippen molar-refractivity contribution in [2.45, 2.75) is 43.9 Å². The monoisotopic (exact) mass is 502 g/mol. The molecule has 3 aromatic heterocycles. The fraction of sp³-hybridized carbons (Fsp3) is 0.296. The molecule has 186 valence electrons. The number of nitrogens with zero attached hydrogens (tertiary/aromatic N) is 5. The van der Waals surface area contributed by atoms with Gasteiger partial charge in [-0.3, -0.25) is 13.9 Å². The van der Waals surface area contributed by atoms with E-state index in [-0.39, 0.29) is 27.7 Å². The first-order valence-electron chi connectivity index (χ1n) is 11.6. The van der Waals surface area contributed by atoms with Crippen LogP contribution in [0.3, 0.4) is 0 Å². The number of methoxy groups -OCH3 is 1.